The van der Waals surface area contributed by atoms with E-state index in [0.29, 0.717) is 38.9 Å². The SMILES string of the molecule is NCC1(CC(=O)N2CCC(C(=O)O)CC2)CCCCC1. The van der Waals surface area contributed by atoms with Crippen molar-refractivity contribution < 1.29 is 14.7 Å². The highest BCUT2D eigenvalue weighted by atomic mass is 16.4. The molecule has 0 bridgehead atoms. The lowest BCUT2D eigenvalue weighted by atomic mass is 9.71. The number of carboxylic acid groups (broad SMARTS) is 1. The molecule has 0 aromatic rings. The maximum atomic E-state index is 12.4. The number of nitrogens with zero attached hydrogens (tertiary/aromatic N) is 1. The van der Waals surface area contributed by atoms with Crippen molar-refractivity contribution in [1.82, 2.24) is 4.90 Å². The van der Waals surface area contributed by atoms with Crippen LogP contribution in [0.1, 0.15) is 51.4 Å². The Balaban J connectivity index is 1.87. The number of carbonyl (C=O) groups is 2. The monoisotopic (exact) mass is 282 g/mol. The normalized spacial score (nSPS) is 23.6. The van der Waals surface area contributed by atoms with Crippen LogP contribution in [-0.2, 0) is 9.59 Å². The average molecular weight is 282 g/mol. The molecular formula is C15H26N2O3. The summed E-state index contributed by atoms with van der Waals surface area (Å²) in [4.78, 5) is 25.2. The lowest BCUT2D eigenvalue weighted by Crippen LogP contribution is -2.44. The maximum absolute atomic E-state index is 12.4. The Kier molecular flexibility index (Phi) is 5.02. The summed E-state index contributed by atoms with van der Waals surface area (Å²) in [6.07, 6.45) is 7.41. The van der Waals surface area contributed by atoms with Gasteiger partial charge in [0.15, 0.2) is 0 Å². The Morgan fingerprint density at radius 1 is 1.15 bits per heavy atom. The first-order valence-electron chi connectivity index (χ1n) is 7.77. The number of hydrogen-bond acceptors (Lipinski definition) is 3. The van der Waals surface area contributed by atoms with Gasteiger partial charge in [-0.25, -0.2) is 0 Å². The number of carboxylic acids is 1. The van der Waals surface area contributed by atoms with Gasteiger partial charge in [-0.15, -0.1) is 0 Å². The van der Waals surface area contributed by atoms with E-state index in [9.17, 15) is 9.59 Å². The van der Waals surface area contributed by atoms with Gasteiger partial charge in [-0.3, -0.25) is 9.59 Å². The Hall–Kier alpha value is -1.10. The van der Waals surface area contributed by atoms with Gasteiger partial charge < -0.3 is 15.7 Å². The first kappa shape index (κ1) is 15.3. The second-order valence-corrected chi connectivity index (χ2v) is 6.43. The highest BCUT2D eigenvalue weighted by Crippen LogP contribution is 2.39. The van der Waals surface area contributed by atoms with Crippen LogP contribution < -0.4 is 5.73 Å². The predicted molar refractivity (Wildman–Crippen MR) is 76.1 cm³/mol. The molecule has 0 spiro atoms. The van der Waals surface area contributed by atoms with Gasteiger partial charge in [0.05, 0.1) is 5.92 Å². The zero-order chi connectivity index (χ0) is 14.6. The molecule has 1 heterocycles. The molecule has 0 unspecified atom stereocenters. The number of piperidine rings is 1. The highest BCUT2D eigenvalue weighted by Gasteiger charge is 2.35. The van der Waals surface area contributed by atoms with Gasteiger partial charge in [0, 0.05) is 19.5 Å². The summed E-state index contributed by atoms with van der Waals surface area (Å²) in [5, 5.41) is 8.98. The molecule has 3 N–H and O–H groups in total. The average Bonchev–Trinajstić information content (AvgIpc) is 2.48. The fraction of sp³-hybridized carbons (Fsp3) is 0.867. The molecule has 0 atom stereocenters. The lowest BCUT2D eigenvalue weighted by molar-refractivity contribution is -0.146. The van der Waals surface area contributed by atoms with E-state index in [1.54, 1.807) is 0 Å². The number of nitrogens with two attached hydrogens (primary N) is 1. The maximum Gasteiger partial charge on any atom is 0.306 e. The summed E-state index contributed by atoms with van der Waals surface area (Å²) < 4.78 is 0. The molecule has 0 aromatic carbocycles. The van der Waals surface area contributed by atoms with Crippen LogP contribution in [0.3, 0.4) is 0 Å². The quantitative estimate of drug-likeness (QED) is 0.820. The van der Waals surface area contributed by atoms with Crippen molar-refractivity contribution in [2.24, 2.45) is 17.1 Å². The Morgan fingerprint density at radius 2 is 1.75 bits per heavy atom. The van der Waals surface area contributed by atoms with Crippen molar-refractivity contribution in [3.8, 4) is 0 Å². The second kappa shape index (κ2) is 6.57. The molecule has 2 fully saturated rings. The molecule has 2 rings (SSSR count). The van der Waals surface area contributed by atoms with E-state index in [1.165, 1.54) is 19.3 Å². The zero-order valence-corrected chi connectivity index (χ0v) is 12.1. The van der Waals surface area contributed by atoms with Crippen molar-refractivity contribution in [3.63, 3.8) is 0 Å². The van der Waals surface area contributed by atoms with E-state index in [-0.39, 0.29) is 17.2 Å². The second-order valence-electron chi connectivity index (χ2n) is 6.43. The summed E-state index contributed by atoms with van der Waals surface area (Å²) in [6, 6.07) is 0. The van der Waals surface area contributed by atoms with Gasteiger partial charge in [-0.05, 0) is 37.6 Å². The van der Waals surface area contributed by atoms with E-state index < -0.39 is 5.97 Å². The molecule has 5 heteroatoms. The predicted octanol–water partition coefficient (Wildman–Crippen LogP) is 1.61. The van der Waals surface area contributed by atoms with Crippen LogP contribution in [0.2, 0.25) is 0 Å². The van der Waals surface area contributed by atoms with Crippen LogP contribution in [-0.4, -0.2) is 41.5 Å². The molecule has 0 aromatic heterocycles. The number of likely N-dealkylation sites (tertiary alicyclic amines) is 1. The zero-order valence-electron chi connectivity index (χ0n) is 12.1. The molecule has 1 saturated heterocycles. The van der Waals surface area contributed by atoms with Gasteiger partial charge in [0.25, 0.3) is 0 Å². The van der Waals surface area contributed by atoms with Crippen LogP contribution in [0.25, 0.3) is 0 Å². The molecule has 1 aliphatic heterocycles. The molecular weight excluding hydrogens is 256 g/mol. The Labute approximate surface area is 120 Å². The summed E-state index contributed by atoms with van der Waals surface area (Å²) >= 11 is 0. The van der Waals surface area contributed by atoms with Crippen molar-refractivity contribution in [1.29, 1.82) is 0 Å². The summed E-state index contributed by atoms with van der Waals surface area (Å²) in [5.74, 6) is -0.846. The van der Waals surface area contributed by atoms with Gasteiger partial charge >= 0.3 is 5.97 Å². The van der Waals surface area contributed by atoms with E-state index in [2.05, 4.69) is 0 Å². The fourth-order valence-electron chi connectivity index (χ4n) is 3.56. The minimum absolute atomic E-state index is 0.00101. The lowest BCUT2D eigenvalue weighted by Gasteiger charge is -2.38. The van der Waals surface area contributed by atoms with Crippen LogP contribution in [0, 0.1) is 11.3 Å². The third kappa shape index (κ3) is 3.51. The van der Waals surface area contributed by atoms with Crippen molar-refractivity contribution in [2.45, 2.75) is 51.4 Å². The molecule has 0 radical (unpaired) electrons. The highest BCUT2D eigenvalue weighted by molar-refractivity contribution is 5.77. The van der Waals surface area contributed by atoms with Crippen LogP contribution in [0.15, 0.2) is 0 Å². The Morgan fingerprint density at radius 3 is 2.25 bits per heavy atom. The summed E-state index contributed by atoms with van der Waals surface area (Å²) in [7, 11) is 0. The van der Waals surface area contributed by atoms with Crippen LogP contribution >= 0.6 is 0 Å². The van der Waals surface area contributed by atoms with Crippen LogP contribution in [0.4, 0.5) is 0 Å². The molecule has 1 aliphatic carbocycles. The van der Waals surface area contributed by atoms with Gasteiger partial charge in [-0.1, -0.05) is 19.3 Å². The largest absolute Gasteiger partial charge is 0.481 e. The van der Waals surface area contributed by atoms with Crippen molar-refractivity contribution in [3.05, 3.63) is 0 Å². The van der Waals surface area contributed by atoms with Crippen LogP contribution in [0.5, 0.6) is 0 Å². The smallest absolute Gasteiger partial charge is 0.306 e. The standard InChI is InChI=1S/C15H26N2O3/c16-11-15(6-2-1-3-7-15)10-13(18)17-8-4-12(5-9-17)14(19)20/h12H,1-11,16H2,(H,19,20). The van der Waals surface area contributed by atoms with Gasteiger partial charge in [-0.2, -0.15) is 0 Å². The fourth-order valence-corrected chi connectivity index (χ4v) is 3.56. The molecule has 1 amide bonds. The number of rotatable bonds is 4. The third-order valence-electron chi connectivity index (χ3n) is 5.07. The van der Waals surface area contributed by atoms with E-state index in [0.717, 1.165) is 12.8 Å². The molecule has 2 aliphatic rings. The summed E-state index contributed by atoms with van der Waals surface area (Å²) in [6.45, 7) is 1.75. The third-order valence-corrected chi connectivity index (χ3v) is 5.07. The first-order valence-corrected chi connectivity index (χ1v) is 7.77. The number of amides is 1. The van der Waals surface area contributed by atoms with Gasteiger partial charge in [0.1, 0.15) is 0 Å². The van der Waals surface area contributed by atoms with Crippen molar-refractivity contribution >= 4 is 11.9 Å². The number of aliphatic carboxylic acids is 1. The van der Waals surface area contributed by atoms with Gasteiger partial charge in [0.2, 0.25) is 5.91 Å². The molecule has 1 saturated carbocycles. The van der Waals surface area contributed by atoms with E-state index in [1.807, 2.05) is 4.90 Å². The first-order chi connectivity index (χ1) is 9.56. The van der Waals surface area contributed by atoms with E-state index >= 15 is 0 Å². The molecule has 114 valence electrons. The Bertz CT molecular complexity index is 356. The number of carbonyl (C=O) groups excluding carboxylic acids is 1. The topological polar surface area (TPSA) is 83.6 Å². The summed E-state index contributed by atoms with van der Waals surface area (Å²) in [5.41, 5.74) is 5.93. The minimum Gasteiger partial charge on any atom is -0.481 e. The number of hydrogen-bond donors (Lipinski definition) is 2. The van der Waals surface area contributed by atoms with Crippen molar-refractivity contribution in [2.75, 3.05) is 19.6 Å². The van der Waals surface area contributed by atoms with E-state index in [4.69, 9.17) is 10.8 Å². The minimum atomic E-state index is -0.734. The molecule has 5 nitrogen and oxygen atoms in total. The molecule has 20 heavy (non-hydrogen) atoms.